The highest BCUT2D eigenvalue weighted by molar-refractivity contribution is 9.10. The summed E-state index contributed by atoms with van der Waals surface area (Å²) in [5.41, 5.74) is 1.35. The lowest BCUT2D eigenvalue weighted by Gasteiger charge is -2.06. The number of hydrogen-bond acceptors (Lipinski definition) is 2. The van der Waals surface area contributed by atoms with Crippen LogP contribution in [0.3, 0.4) is 0 Å². The molecule has 1 aromatic rings. The number of carbonyl (C=O) groups excluding carboxylic acids is 2. The van der Waals surface area contributed by atoms with Crippen molar-refractivity contribution in [3.8, 4) is 0 Å². The molecule has 1 aromatic carbocycles. The van der Waals surface area contributed by atoms with Crippen LogP contribution in [0.1, 0.15) is 30.6 Å². The summed E-state index contributed by atoms with van der Waals surface area (Å²) in [6.07, 6.45) is 0.444. The van der Waals surface area contributed by atoms with Crippen molar-refractivity contribution in [2.24, 2.45) is 0 Å². The minimum Gasteiger partial charge on any atom is -0.326 e. The summed E-state index contributed by atoms with van der Waals surface area (Å²) in [6, 6.07) is 6.89. The van der Waals surface area contributed by atoms with E-state index in [2.05, 4.69) is 21.2 Å². The molecular formula is C12H14BrNO2. The highest BCUT2D eigenvalue weighted by Gasteiger charge is 2.11. The number of carbonyl (C=O) groups is 2. The molecule has 86 valence electrons. The lowest BCUT2D eigenvalue weighted by Crippen LogP contribution is -2.11. The number of benzene rings is 1. The molecule has 0 bridgehead atoms. The van der Waals surface area contributed by atoms with Crippen LogP contribution in [-0.2, 0) is 4.79 Å². The second-order valence-electron chi connectivity index (χ2n) is 3.46. The van der Waals surface area contributed by atoms with Crippen molar-refractivity contribution in [1.29, 1.82) is 0 Å². The van der Waals surface area contributed by atoms with Crippen LogP contribution in [0.5, 0.6) is 0 Å². The van der Waals surface area contributed by atoms with Gasteiger partial charge in [-0.25, -0.2) is 0 Å². The van der Waals surface area contributed by atoms with Crippen LogP contribution in [0.2, 0.25) is 0 Å². The lowest BCUT2D eigenvalue weighted by molar-refractivity contribution is -0.115. The van der Waals surface area contributed by atoms with Gasteiger partial charge >= 0.3 is 0 Å². The topological polar surface area (TPSA) is 46.2 Å². The molecule has 0 spiro atoms. The summed E-state index contributed by atoms with van der Waals surface area (Å²) >= 11 is 3.23. The third-order valence-corrected chi connectivity index (χ3v) is 2.55. The molecule has 16 heavy (non-hydrogen) atoms. The average molecular weight is 284 g/mol. The van der Waals surface area contributed by atoms with Gasteiger partial charge < -0.3 is 5.32 Å². The van der Waals surface area contributed by atoms with E-state index in [1.165, 1.54) is 0 Å². The van der Waals surface area contributed by atoms with Gasteiger partial charge in [0.2, 0.25) is 5.91 Å². The van der Waals surface area contributed by atoms with Crippen molar-refractivity contribution in [2.45, 2.75) is 25.1 Å². The quantitative estimate of drug-likeness (QED) is 0.682. The third kappa shape index (κ3) is 3.45. The van der Waals surface area contributed by atoms with E-state index in [1.54, 1.807) is 38.1 Å². The summed E-state index contributed by atoms with van der Waals surface area (Å²) < 4.78 is 0. The van der Waals surface area contributed by atoms with Crippen molar-refractivity contribution in [3.05, 3.63) is 29.8 Å². The molecule has 0 aliphatic rings. The van der Waals surface area contributed by atoms with E-state index in [0.717, 1.165) is 0 Å². The summed E-state index contributed by atoms with van der Waals surface area (Å²) in [7, 11) is 0. The van der Waals surface area contributed by atoms with Crippen LogP contribution in [-0.4, -0.2) is 16.5 Å². The molecule has 1 rings (SSSR count). The molecule has 0 saturated carbocycles. The van der Waals surface area contributed by atoms with Gasteiger partial charge in [0.25, 0.3) is 0 Å². The van der Waals surface area contributed by atoms with Crippen LogP contribution in [0.25, 0.3) is 0 Å². The first-order valence-electron chi connectivity index (χ1n) is 5.12. The molecule has 0 aliphatic heterocycles. The fourth-order valence-corrected chi connectivity index (χ4v) is 1.46. The highest BCUT2D eigenvalue weighted by atomic mass is 79.9. The average Bonchev–Trinajstić information content (AvgIpc) is 2.28. The summed E-state index contributed by atoms with van der Waals surface area (Å²) in [6.45, 7) is 3.58. The minimum absolute atomic E-state index is 0.0343. The van der Waals surface area contributed by atoms with E-state index in [1.807, 2.05) is 0 Å². The van der Waals surface area contributed by atoms with Crippen LogP contribution in [0, 0.1) is 0 Å². The SMILES string of the molecule is CCC(=O)Nc1ccc(C(=O)[C@@H](C)Br)cc1. The van der Waals surface area contributed by atoms with Crippen LogP contribution in [0.15, 0.2) is 24.3 Å². The van der Waals surface area contributed by atoms with Crippen molar-refractivity contribution >= 4 is 33.3 Å². The molecule has 0 radical (unpaired) electrons. The Labute approximate surface area is 103 Å². The Morgan fingerprint density at radius 2 is 1.88 bits per heavy atom. The molecule has 4 heteroatoms. The number of alkyl halides is 1. The number of Topliss-reactive ketones (excluding diaryl/α,β-unsaturated/α-hetero) is 1. The Kier molecular flexibility index (Phi) is 4.68. The summed E-state index contributed by atoms with van der Waals surface area (Å²) in [5, 5.41) is 2.72. The predicted molar refractivity (Wildman–Crippen MR) is 68.1 cm³/mol. The van der Waals surface area contributed by atoms with Crippen molar-refractivity contribution < 1.29 is 9.59 Å². The molecule has 1 N–H and O–H groups in total. The molecule has 0 unspecified atom stereocenters. The monoisotopic (exact) mass is 283 g/mol. The second-order valence-corrected chi connectivity index (χ2v) is 4.83. The van der Waals surface area contributed by atoms with Crippen LogP contribution >= 0.6 is 15.9 Å². The van der Waals surface area contributed by atoms with Crippen molar-refractivity contribution in [2.75, 3.05) is 5.32 Å². The van der Waals surface area contributed by atoms with E-state index in [0.29, 0.717) is 17.7 Å². The van der Waals surface area contributed by atoms with Crippen molar-refractivity contribution in [1.82, 2.24) is 0 Å². The lowest BCUT2D eigenvalue weighted by atomic mass is 10.1. The zero-order valence-electron chi connectivity index (χ0n) is 9.29. The van der Waals surface area contributed by atoms with Gasteiger partial charge in [0, 0.05) is 17.7 Å². The van der Waals surface area contributed by atoms with Gasteiger partial charge in [0.05, 0.1) is 4.83 Å². The summed E-state index contributed by atoms with van der Waals surface area (Å²) in [5.74, 6) is 0.00121. The number of ketones is 1. The number of halogens is 1. The zero-order chi connectivity index (χ0) is 12.1. The van der Waals surface area contributed by atoms with E-state index < -0.39 is 0 Å². The standard InChI is InChI=1S/C12H14BrNO2/c1-3-11(15)14-10-6-4-9(5-7-10)12(16)8(2)13/h4-8H,3H2,1-2H3,(H,14,15)/t8-/m1/s1. The second kappa shape index (κ2) is 5.80. The predicted octanol–water partition coefficient (Wildman–Crippen LogP) is 3.00. The van der Waals surface area contributed by atoms with Gasteiger partial charge in [-0.15, -0.1) is 0 Å². The van der Waals surface area contributed by atoms with Crippen molar-refractivity contribution in [3.63, 3.8) is 0 Å². The first-order valence-corrected chi connectivity index (χ1v) is 6.04. The fraction of sp³-hybridized carbons (Fsp3) is 0.333. The fourth-order valence-electron chi connectivity index (χ4n) is 1.20. The normalized spacial score (nSPS) is 11.9. The number of rotatable bonds is 4. The Balaban J connectivity index is 2.75. The third-order valence-electron chi connectivity index (χ3n) is 2.14. The van der Waals surface area contributed by atoms with Gasteiger partial charge in [-0.1, -0.05) is 22.9 Å². The maximum atomic E-state index is 11.6. The van der Waals surface area contributed by atoms with Gasteiger partial charge in [-0.3, -0.25) is 9.59 Å². The summed E-state index contributed by atoms with van der Waals surface area (Å²) in [4.78, 5) is 22.5. The van der Waals surface area contributed by atoms with Crippen LogP contribution in [0.4, 0.5) is 5.69 Å². The van der Waals surface area contributed by atoms with Gasteiger partial charge in [0.15, 0.2) is 5.78 Å². The first kappa shape index (κ1) is 12.9. The van der Waals surface area contributed by atoms with E-state index in [9.17, 15) is 9.59 Å². The van der Waals surface area contributed by atoms with Gasteiger partial charge in [-0.05, 0) is 31.2 Å². The molecule has 3 nitrogen and oxygen atoms in total. The number of amides is 1. The number of anilines is 1. The van der Waals surface area contributed by atoms with Crippen LogP contribution < -0.4 is 5.32 Å². The van der Waals surface area contributed by atoms with Gasteiger partial charge in [0.1, 0.15) is 0 Å². The maximum Gasteiger partial charge on any atom is 0.224 e. The number of nitrogens with one attached hydrogen (secondary N) is 1. The first-order chi connectivity index (χ1) is 7.54. The Hall–Kier alpha value is -1.16. The Morgan fingerprint density at radius 1 is 1.31 bits per heavy atom. The van der Waals surface area contributed by atoms with E-state index >= 15 is 0 Å². The largest absolute Gasteiger partial charge is 0.326 e. The molecular weight excluding hydrogens is 270 g/mol. The van der Waals surface area contributed by atoms with E-state index in [4.69, 9.17) is 0 Å². The molecule has 0 fully saturated rings. The smallest absolute Gasteiger partial charge is 0.224 e. The highest BCUT2D eigenvalue weighted by Crippen LogP contribution is 2.14. The maximum absolute atomic E-state index is 11.6. The zero-order valence-corrected chi connectivity index (χ0v) is 10.9. The molecule has 0 aliphatic carbocycles. The molecule has 0 heterocycles. The van der Waals surface area contributed by atoms with E-state index in [-0.39, 0.29) is 16.5 Å². The molecule has 1 atom stereocenters. The molecule has 0 saturated heterocycles. The molecule has 1 amide bonds. The van der Waals surface area contributed by atoms with Gasteiger partial charge in [-0.2, -0.15) is 0 Å². The minimum atomic E-state index is -0.191. The Morgan fingerprint density at radius 3 is 2.31 bits per heavy atom. The Bertz CT molecular complexity index is 385. The number of hydrogen-bond donors (Lipinski definition) is 1. The molecule has 0 aromatic heterocycles.